The lowest BCUT2D eigenvalue weighted by Gasteiger charge is -2.12. The summed E-state index contributed by atoms with van der Waals surface area (Å²) in [7, 11) is 4.00. The molecule has 18 aromatic rings. The average Bonchev–Trinajstić information content (AvgIpc) is 1.62. The third-order valence-electron chi connectivity index (χ3n) is 20.4. The van der Waals surface area contributed by atoms with Gasteiger partial charge >= 0.3 is 0 Å². The molecule has 0 fully saturated rings. The van der Waals surface area contributed by atoms with E-state index in [1.165, 1.54) is 111 Å². The Hall–Kier alpha value is -16.0. The number of primary amides is 6. The molecule has 1 unspecified atom stereocenters. The van der Waals surface area contributed by atoms with Gasteiger partial charge in [-0.15, -0.1) is 68.0 Å². The summed E-state index contributed by atoms with van der Waals surface area (Å²) in [6, 6.07) is 63.0. The summed E-state index contributed by atoms with van der Waals surface area (Å²) in [5.74, 6) is -0.149. The first kappa shape index (κ1) is 90.7. The van der Waals surface area contributed by atoms with E-state index < -0.39 is 35.4 Å². The molecule has 6 amide bonds. The number of aryl methyl sites for hydroxylation is 2. The maximum Gasteiger partial charge on any atom is 0.251 e. The van der Waals surface area contributed by atoms with Crippen LogP contribution >= 0.6 is 68.0 Å². The van der Waals surface area contributed by atoms with Crippen molar-refractivity contribution in [1.29, 1.82) is 10.5 Å². The monoisotopic (exact) mass is 1820 g/mol. The quantitative estimate of drug-likeness (QED) is 0.0377. The fraction of sp³-hybridized carbons (Fsp3) is 0.0851. The van der Waals surface area contributed by atoms with Crippen LogP contribution < -0.4 is 84.2 Å². The van der Waals surface area contributed by atoms with Crippen LogP contribution in [0.5, 0.6) is 5.75 Å². The van der Waals surface area contributed by atoms with Crippen LogP contribution in [0.1, 0.15) is 98.6 Å². The van der Waals surface area contributed by atoms with Crippen molar-refractivity contribution in [2.24, 2.45) is 34.4 Å². The van der Waals surface area contributed by atoms with Crippen molar-refractivity contribution < 1.29 is 33.5 Å². The minimum atomic E-state index is -0.531. The molecule has 29 nitrogen and oxygen atoms in total. The van der Waals surface area contributed by atoms with Gasteiger partial charge in [0.15, 0.2) is 6.61 Å². The first-order valence-electron chi connectivity index (χ1n) is 39.1. The molecule has 0 saturated carbocycles. The topological polar surface area (TPSA) is 578 Å². The van der Waals surface area contributed by atoms with Gasteiger partial charge in [-0.3, -0.25) is 28.8 Å². The van der Waals surface area contributed by atoms with Crippen molar-refractivity contribution in [3.8, 4) is 80.5 Å². The second-order valence-corrected chi connectivity index (χ2v) is 35.3. The molecule has 129 heavy (non-hydrogen) atoms. The first-order chi connectivity index (χ1) is 61.8. The first-order valence-corrected chi connectivity index (χ1v) is 44.0. The van der Waals surface area contributed by atoms with Crippen molar-refractivity contribution >= 4 is 210 Å². The molecule has 0 bridgehead atoms. The summed E-state index contributed by atoms with van der Waals surface area (Å²) in [6.45, 7) is 5.98. The Kier molecular flexibility index (Phi) is 27.7. The number of aromatic nitrogens is 6. The molecule has 0 aliphatic heterocycles. The standard InChI is InChI=1S/C17H14N4OS.C16H12N4O2S.C16H16N4OS.C16H15N3OS.C15H13N3OS.C14H12N4OS/c1-9(7-18)10-2-4-11(5-3-10)14-6-12-15(23-14)13(17(20)22)8-21-16(12)19;17-5-6-22-10-3-1-9(2-4-10)13-7-11-14(23-13)12(16(19)21)8-20-15(11)18;1-20(2)10-5-3-9(4-6-10)13-7-11-14(22-13)12(16(18)21)8-19-15(11)17;1-2-9-3-5-10(6-4-9)13-7-11-14(21-13)12(16(18)20)8-19-15(11)17;1-8-11-13(10(15(17)19)7-18-14(11)16)20-12(8)9-5-3-2-4-6-9;15-8-3-1-7(2-4-8)11-5-9-12(20-11)10(14(17)19)6-18-13(9)16/h2-6,8-9H,1H3,(H2,19,21)(H2,20,22);1-4,7-8H,6H2,(H2,18,20)(H2,19,21);3-8H,1-2H3,(H2,17,19)(H2,18,21);3-8H,2H2,1H3,(H2,17,19)(H2,18,20);2-7H,1H3,(H2,16,18)(H2,17,19);1-6H,15H2,(H2,16,18)(H2,17,19). The molecule has 26 N–H and O–H groups in total. The maximum absolute atomic E-state index is 11.5. The second-order valence-electron chi connectivity index (χ2n) is 29.0. The Balaban J connectivity index is 0.000000132. The summed E-state index contributed by atoms with van der Waals surface area (Å²) < 4.78 is 9.84. The summed E-state index contributed by atoms with van der Waals surface area (Å²) in [4.78, 5) is 101. The predicted octanol–water partition coefficient (Wildman–Crippen LogP) is 16.9. The van der Waals surface area contributed by atoms with Crippen molar-refractivity contribution in [3.63, 3.8) is 0 Å². The SMILES string of the molecule is CC(C#N)c1ccc(-c2cc3c(N)ncc(C(N)=O)c3s2)cc1.CCc1ccc(-c2cc3c(N)ncc(C(N)=O)c3s2)cc1.CN(C)c1ccc(-c2cc3c(N)ncc(C(N)=O)c3s2)cc1.Cc1c(-c2ccccc2)sc2c(C(N)=O)cnc(N)c12.N#CCOc1ccc(-c2cc3c(N)ncc(C(N)=O)c3s2)cc1.NC(=O)c1cnc(N)c2cc(-c3ccc(N)cc3)sc12. The second kappa shape index (κ2) is 39.4. The van der Waals surface area contributed by atoms with E-state index in [0.29, 0.717) is 85.1 Å². The van der Waals surface area contributed by atoms with E-state index >= 15 is 0 Å². The number of rotatable bonds is 17. The lowest BCUT2D eigenvalue weighted by molar-refractivity contribution is 0.0993. The van der Waals surface area contributed by atoms with Gasteiger partial charge in [-0.2, -0.15) is 10.5 Å². The van der Waals surface area contributed by atoms with Gasteiger partial charge in [0.25, 0.3) is 35.4 Å². The molecule has 12 aromatic heterocycles. The van der Waals surface area contributed by atoms with Gasteiger partial charge in [0.05, 0.1) is 73.6 Å². The Morgan fingerprint density at radius 1 is 0.388 bits per heavy atom. The number of fused-ring (bicyclic) bond motifs is 6. The van der Waals surface area contributed by atoms with Gasteiger partial charge in [0.2, 0.25) is 0 Å². The van der Waals surface area contributed by atoms with E-state index in [0.717, 1.165) is 141 Å². The van der Waals surface area contributed by atoms with Gasteiger partial charge in [-0.05, 0) is 149 Å². The van der Waals surface area contributed by atoms with Gasteiger partial charge < -0.3 is 84.2 Å². The van der Waals surface area contributed by atoms with Gasteiger partial charge in [-0.1, -0.05) is 110 Å². The average molecular weight is 1820 g/mol. The Morgan fingerprint density at radius 3 is 1.00 bits per heavy atom. The summed E-state index contributed by atoms with van der Waals surface area (Å²) in [5, 5.41) is 22.1. The maximum atomic E-state index is 11.5. The van der Waals surface area contributed by atoms with Crippen LogP contribution in [0.3, 0.4) is 0 Å². The van der Waals surface area contributed by atoms with E-state index in [4.69, 9.17) is 89.8 Å². The molecule has 0 radical (unpaired) electrons. The number of nitrogens with two attached hydrogens (primary N) is 13. The number of amides is 6. The highest BCUT2D eigenvalue weighted by atomic mass is 32.1. The molecule has 18 rings (SSSR count). The smallest absolute Gasteiger partial charge is 0.251 e. The number of pyridine rings is 6. The van der Waals surface area contributed by atoms with E-state index in [2.05, 4.69) is 79.3 Å². The van der Waals surface area contributed by atoms with Crippen LogP contribution in [0.25, 0.3) is 123 Å². The number of nitrogen functional groups attached to an aromatic ring is 7. The number of ether oxygens (including phenoxy) is 1. The van der Waals surface area contributed by atoms with E-state index in [9.17, 15) is 28.8 Å². The van der Waals surface area contributed by atoms with Crippen LogP contribution in [0.15, 0.2) is 219 Å². The molecule has 1 atom stereocenters. The van der Waals surface area contributed by atoms with E-state index in [1.54, 1.807) is 12.1 Å². The third-order valence-corrected chi connectivity index (χ3v) is 27.8. The summed E-state index contributed by atoms with van der Waals surface area (Å²) in [5.41, 5.74) is 87.2. The van der Waals surface area contributed by atoms with Crippen LogP contribution in [0.4, 0.5) is 46.3 Å². The van der Waals surface area contributed by atoms with Crippen molar-refractivity contribution in [1.82, 2.24) is 29.9 Å². The molecule has 12 heterocycles. The molecule has 646 valence electrons. The molecular weight excluding hydrogens is 1740 g/mol. The summed E-state index contributed by atoms with van der Waals surface area (Å²) in [6.07, 6.45) is 9.58. The highest BCUT2D eigenvalue weighted by molar-refractivity contribution is 7.25. The fourth-order valence-electron chi connectivity index (χ4n) is 13.4. The number of nitrogens with zero attached hydrogens (tertiary/aromatic N) is 9. The number of hydrogen-bond acceptors (Lipinski definition) is 29. The lowest BCUT2D eigenvalue weighted by Crippen LogP contribution is -2.11. The molecule has 6 aromatic carbocycles. The summed E-state index contributed by atoms with van der Waals surface area (Å²) >= 11 is 8.88. The van der Waals surface area contributed by atoms with Gasteiger partial charge in [-0.25, -0.2) is 29.9 Å². The molecule has 0 aliphatic carbocycles. The molecule has 0 spiro atoms. The van der Waals surface area contributed by atoms with Crippen molar-refractivity contribution in [2.45, 2.75) is 33.1 Å². The minimum absolute atomic E-state index is 0.00636. The van der Waals surface area contributed by atoms with Crippen LogP contribution in [0.2, 0.25) is 0 Å². The predicted molar refractivity (Wildman–Crippen MR) is 526 cm³/mol. The Bertz CT molecular complexity index is 7430. The normalized spacial score (nSPS) is 11.0. The highest BCUT2D eigenvalue weighted by Crippen LogP contribution is 2.45. The number of thiophene rings is 6. The zero-order chi connectivity index (χ0) is 92.3. The molecular formula is C94H82N22O7S6. The number of carbonyl (C=O) groups is 6. The van der Waals surface area contributed by atoms with Gasteiger partial charge in [0, 0.05) is 124 Å². The van der Waals surface area contributed by atoms with Crippen molar-refractivity contribution in [3.05, 3.63) is 269 Å². The number of hydrogen-bond donors (Lipinski definition) is 13. The molecule has 0 saturated heterocycles. The lowest BCUT2D eigenvalue weighted by atomic mass is 10.0. The van der Waals surface area contributed by atoms with E-state index in [1.807, 2.05) is 172 Å². The largest absolute Gasteiger partial charge is 0.479 e. The zero-order valence-electron chi connectivity index (χ0n) is 69.6. The van der Waals surface area contributed by atoms with Crippen molar-refractivity contribution in [2.75, 3.05) is 65.7 Å². The van der Waals surface area contributed by atoms with Crippen LogP contribution in [0, 0.1) is 29.6 Å². The number of anilines is 8. The number of nitriles is 2. The molecule has 0 aliphatic rings. The van der Waals surface area contributed by atoms with E-state index in [-0.39, 0.29) is 12.5 Å². The number of benzene rings is 6. The molecule has 35 heteroatoms. The Morgan fingerprint density at radius 2 is 0.690 bits per heavy atom. The van der Waals surface area contributed by atoms with Crippen LogP contribution in [-0.2, 0) is 6.42 Å². The zero-order valence-corrected chi connectivity index (χ0v) is 74.5. The van der Waals surface area contributed by atoms with Gasteiger partial charge in [0.1, 0.15) is 46.7 Å². The Labute approximate surface area is 761 Å². The fourth-order valence-corrected chi connectivity index (χ4v) is 20.7. The third kappa shape index (κ3) is 20.0. The minimum Gasteiger partial charge on any atom is -0.479 e. The number of carbonyl (C=O) groups excluding carboxylic acids is 6. The van der Waals surface area contributed by atoms with Crippen LogP contribution in [-0.4, -0.2) is 86.0 Å². The highest BCUT2D eigenvalue weighted by Gasteiger charge is 2.23.